The Balaban J connectivity index is 1.83. The van der Waals surface area contributed by atoms with Gasteiger partial charge in [0.1, 0.15) is 5.75 Å². The van der Waals surface area contributed by atoms with Crippen molar-refractivity contribution in [2.24, 2.45) is 0 Å². The summed E-state index contributed by atoms with van der Waals surface area (Å²) >= 11 is 0. The molecule has 0 atom stereocenters. The van der Waals surface area contributed by atoms with Crippen LogP contribution in [0.15, 0.2) is 36.5 Å². The van der Waals surface area contributed by atoms with Gasteiger partial charge >= 0.3 is 0 Å². The molecule has 0 radical (unpaired) electrons. The first-order valence-corrected chi connectivity index (χ1v) is 7.55. The van der Waals surface area contributed by atoms with Crippen molar-refractivity contribution in [3.05, 3.63) is 42.2 Å². The van der Waals surface area contributed by atoms with Crippen LogP contribution in [0.3, 0.4) is 0 Å². The maximum Gasteiger partial charge on any atom is 0.121 e. The Labute approximate surface area is 125 Å². The molecule has 0 saturated carbocycles. The number of piperidine rings is 1. The summed E-state index contributed by atoms with van der Waals surface area (Å²) in [4.78, 5) is 2.40. The van der Waals surface area contributed by atoms with Gasteiger partial charge in [-0.25, -0.2) is 0 Å². The highest BCUT2D eigenvalue weighted by Gasteiger charge is 2.40. The summed E-state index contributed by atoms with van der Waals surface area (Å²) < 4.78 is 7.72. The van der Waals surface area contributed by atoms with Gasteiger partial charge < -0.3 is 19.5 Å². The lowest BCUT2D eigenvalue weighted by atomic mass is 9.82. The largest absolute Gasteiger partial charge is 0.497 e. The Bertz CT molecular complexity index is 668. The molecule has 0 amide bonds. The van der Waals surface area contributed by atoms with Gasteiger partial charge in [0.25, 0.3) is 0 Å². The fourth-order valence-corrected chi connectivity index (χ4v) is 3.64. The highest BCUT2D eigenvalue weighted by Crippen LogP contribution is 2.44. The maximum atomic E-state index is 5.39. The third kappa shape index (κ3) is 1.86. The van der Waals surface area contributed by atoms with Crippen LogP contribution >= 0.6 is 0 Å². The van der Waals surface area contributed by atoms with E-state index in [0.29, 0.717) is 0 Å². The van der Waals surface area contributed by atoms with Crippen molar-refractivity contribution in [3.63, 3.8) is 0 Å². The smallest absolute Gasteiger partial charge is 0.121 e. The van der Waals surface area contributed by atoms with E-state index in [-0.39, 0.29) is 5.54 Å². The fourth-order valence-electron chi connectivity index (χ4n) is 3.64. The number of fused-ring (bicyclic) bond motifs is 4. The van der Waals surface area contributed by atoms with Crippen LogP contribution in [-0.4, -0.2) is 36.7 Å². The maximum absolute atomic E-state index is 5.39. The molecule has 1 fully saturated rings. The first-order valence-electron chi connectivity index (χ1n) is 7.55. The molecule has 2 aliphatic heterocycles. The van der Waals surface area contributed by atoms with E-state index in [1.54, 1.807) is 7.11 Å². The molecule has 21 heavy (non-hydrogen) atoms. The van der Waals surface area contributed by atoms with Gasteiger partial charge in [-0.1, -0.05) is 0 Å². The lowest BCUT2D eigenvalue weighted by Crippen LogP contribution is -2.48. The summed E-state index contributed by atoms with van der Waals surface area (Å²) in [6, 6.07) is 10.7. The first-order chi connectivity index (χ1) is 10.2. The summed E-state index contributed by atoms with van der Waals surface area (Å²) in [6.45, 7) is 2.25. The van der Waals surface area contributed by atoms with Crippen LogP contribution in [0.5, 0.6) is 5.75 Å². The zero-order valence-electron chi connectivity index (χ0n) is 12.6. The number of methoxy groups -OCH3 is 1. The Morgan fingerprint density at radius 1 is 1.19 bits per heavy atom. The van der Waals surface area contributed by atoms with Crippen molar-refractivity contribution in [1.29, 1.82) is 0 Å². The number of nitrogens with one attached hydrogen (secondary N) is 1. The Hall–Kier alpha value is -1.94. The molecule has 4 rings (SSSR count). The quantitative estimate of drug-likeness (QED) is 0.872. The topological polar surface area (TPSA) is 29.4 Å². The van der Waals surface area contributed by atoms with Crippen molar-refractivity contribution in [3.8, 4) is 11.4 Å². The average molecular weight is 283 g/mol. The number of likely N-dealkylation sites (tertiary alicyclic amines) is 1. The van der Waals surface area contributed by atoms with E-state index in [9.17, 15) is 0 Å². The third-order valence-corrected chi connectivity index (χ3v) is 4.92. The predicted octanol–water partition coefficient (Wildman–Crippen LogP) is 2.83. The number of hydrogen-bond acceptors (Lipinski definition) is 3. The molecule has 0 bridgehead atoms. The summed E-state index contributed by atoms with van der Waals surface area (Å²) in [5, 5.41) is 3.82. The highest BCUT2D eigenvalue weighted by molar-refractivity contribution is 5.69. The minimum Gasteiger partial charge on any atom is -0.497 e. The van der Waals surface area contributed by atoms with Crippen molar-refractivity contribution in [2.45, 2.75) is 18.4 Å². The van der Waals surface area contributed by atoms with E-state index < -0.39 is 0 Å². The molecule has 2 aliphatic rings. The van der Waals surface area contributed by atoms with E-state index in [1.165, 1.54) is 17.1 Å². The van der Waals surface area contributed by atoms with Gasteiger partial charge in [0, 0.05) is 31.0 Å². The standard InChI is InChI=1S/C17H21N3O/c1-19-10-7-17(8-11-19)16-4-3-9-20(16)15-6-5-13(21-2)12-14(15)18-17/h3-6,9,12,18H,7-8,10-11H2,1-2H3. The molecule has 110 valence electrons. The molecule has 2 aromatic rings. The van der Waals surface area contributed by atoms with Crippen molar-refractivity contribution in [2.75, 3.05) is 32.6 Å². The SMILES string of the molecule is COc1ccc2c(c1)NC1(CCN(C)CC1)c1cccn1-2. The summed E-state index contributed by atoms with van der Waals surface area (Å²) in [6.07, 6.45) is 4.43. The van der Waals surface area contributed by atoms with Crippen LogP contribution in [0.1, 0.15) is 18.5 Å². The molecule has 3 heterocycles. The molecule has 1 aromatic heterocycles. The van der Waals surface area contributed by atoms with Crippen molar-refractivity contribution in [1.82, 2.24) is 9.47 Å². The average Bonchev–Trinajstić information content (AvgIpc) is 3.00. The summed E-state index contributed by atoms with van der Waals surface area (Å²) in [5.74, 6) is 0.903. The zero-order chi connectivity index (χ0) is 14.4. The number of aromatic nitrogens is 1. The Kier molecular flexibility index (Phi) is 2.76. The normalized spacial score (nSPS) is 19.7. The van der Waals surface area contributed by atoms with Crippen LogP contribution in [0, 0.1) is 0 Å². The molecule has 0 unspecified atom stereocenters. The number of benzene rings is 1. The minimum absolute atomic E-state index is 0.0510. The summed E-state index contributed by atoms with van der Waals surface area (Å²) in [5.41, 5.74) is 3.81. The van der Waals surface area contributed by atoms with Crippen molar-refractivity contribution < 1.29 is 4.74 Å². The number of rotatable bonds is 1. The van der Waals surface area contributed by atoms with Gasteiger partial charge in [0.2, 0.25) is 0 Å². The van der Waals surface area contributed by atoms with Crippen LogP contribution in [0.25, 0.3) is 5.69 Å². The third-order valence-electron chi connectivity index (χ3n) is 4.92. The summed E-state index contributed by atoms with van der Waals surface area (Å²) in [7, 11) is 3.92. The van der Waals surface area contributed by atoms with E-state index in [4.69, 9.17) is 4.74 Å². The van der Waals surface area contributed by atoms with Gasteiger partial charge in [-0.3, -0.25) is 0 Å². The molecular formula is C17H21N3O. The van der Waals surface area contributed by atoms with Crippen molar-refractivity contribution >= 4 is 5.69 Å². The zero-order valence-corrected chi connectivity index (χ0v) is 12.6. The number of nitrogens with zero attached hydrogens (tertiary/aromatic N) is 2. The first kappa shape index (κ1) is 12.8. The second kappa shape index (κ2) is 4.53. The molecule has 1 aromatic carbocycles. The van der Waals surface area contributed by atoms with E-state index in [1.807, 2.05) is 6.07 Å². The second-order valence-corrected chi connectivity index (χ2v) is 6.16. The van der Waals surface area contributed by atoms with Crippen LogP contribution in [0.4, 0.5) is 5.69 Å². The van der Waals surface area contributed by atoms with Gasteiger partial charge in [0.05, 0.1) is 24.0 Å². The molecular weight excluding hydrogens is 262 g/mol. The van der Waals surface area contributed by atoms with Gasteiger partial charge in [-0.05, 0) is 44.2 Å². The molecule has 1 N–H and O–H groups in total. The molecule has 1 spiro atoms. The van der Waals surface area contributed by atoms with E-state index in [2.05, 4.69) is 52.3 Å². The lowest BCUT2D eigenvalue weighted by molar-refractivity contribution is 0.199. The Morgan fingerprint density at radius 3 is 2.76 bits per heavy atom. The number of anilines is 1. The monoisotopic (exact) mass is 283 g/mol. The highest BCUT2D eigenvalue weighted by atomic mass is 16.5. The van der Waals surface area contributed by atoms with Gasteiger partial charge in [-0.2, -0.15) is 0 Å². The van der Waals surface area contributed by atoms with E-state index in [0.717, 1.165) is 31.7 Å². The fraction of sp³-hybridized carbons (Fsp3) is 0.412. The molecule has 4 heteroatoms. The number of hydrogen-bond donors (Lipinski definition) is 1. The molecule has 0 aliphatic carbocycles. The Morgan fingerprint density at radius 2 is 2.00 bits per heavy atom. The van der Waals surface area contributed by atoms with Crippen LogP contribution in [-0.2, 0) is 5.54 Å². The lowest BCUT2D eigenvalue weighted by Gasteiger charge is -2.45. The van der Waals surface area contributed by atoms with Crippen LogP contribution in [0.2, 0.25) is 0 Å². The minimum atomic E-state index is 0.0510. The predicted molar refractivity (Wildman–Crippen MR) is 84.4 cm³/mol. The molecule has 4 nitrogen and oxygen atoms in total. The number of ether oxygens (including phenoxy) is 1. The molecule has 1 saturated heterocycles. The van der Waals surface area contributed by atoms with Gasteiger partial charge in [-0.15, -0.1) is 0 Å². The van der Waals surface area contributed by atoms with Gasteiger partial charge in [0.15, 0.2) is 0 Å². The van der Waals surface area contributed by atoms with Crippen LogP contribution < -0.4 is 10.1 Å². The second-order valence-electron chi connectivity index (χ2n) is 6.16. The van der Waals surface area contributed by atoms with E-state index >= 15 is 0 Å².